The van der Waals surface area contributed by atoms with Crippen LogP contribution in [0.25, 0.3) is 0 Å². The first kappa shape index (κ1) is 17.1. The molecule has 1 aromatic heterocycles. The molecule has 1 aliphatic carbocycles. The van der Waals surface area contributed by atoms with Crippen molar-refractivity contribution in [3.05, 3.63) is 66.1 Å². The fourth-order valence-electron chi connectivity index (χ4n) is 4.72. The molecular weight excluding hydrogens is 326 g/mol. The van der Waals surface area contributed by atoms with Crippen LogP contribution in [0.15, 0.2) is 53.9 Å². The van der Waals surface area contributed by atoms with Crippen LogP contribution in [-0.4, -0.2) is 23.5 Å². The van der Waals surface area contributed by atoms with Crippen LogP contribution in [0.3, 0.4) is 0 Å². The van der Waals surface area contributed by atoms with E-state index in [0.717, 1.165) is 25.9 Å². The van der Waals surface area contributed by atoms with E-state index in [4.69, 9.17) is 9.15 Å². The van der Waals surface area contributed by atoms with E-state index in [1.165, 1.54) is 22.8 Å². The van der Waals surface area contributed by atoms with Crippen molar-refractivity contribution in [3.63, 3.8) is 0 Å². The Morgan fingerprint density at radius 2 is 2.31 bits per heavy atom. The number of hydrogen-bond donors (Lipinski definition) is 0. The summed E-state index contributed by atoms with van der Waals surface area (Å²) in [5, 5.41) is 0. The molecule has 0 N–H and O–H groups in total. The number of esters is 1. The van der Waals surface area contributed by atoms with Gasteiger partial charge in [-0.25, -0.2) is 4.79 Å². The second kappa shape index (κ2) is 6.44. The van der Waals surface area contributed by atoms with Gasteiger partial charge in [-0.05, 0) is 60.0 Å². The molecule has 1 aliphatic heterocycles. The van der Waals surface area contributed by atoms with Gasteiger partial charge in [-0.15, -0.1) is 0 Å². The normalized spacial score (nSPS) is 27.6. The van der Waals surface area contributed by atoms with E-state index < -0.39 is 5.97 Å². The van der Waals surface area contributed by atoms with Crippen LogP contribution in [0.5, 0.6) is 5.75 Å². The van der Waals surface area contributed by atoms with Gasteiger partial charge in [0.1, 0.15) is 5.75 Å². The number of carbonyl (C=O) groups excluding carboxylic acids is 1. The van der Waals surface area contributed by atoms with Crippen LogP contribution < -0.4 is 4.74 Å². The molecule has 2 aliphatic rings. The molecule has 2 heterocycles. The molecule has 0 saturated carbocycles. The Morgan fingerprint density at radius 3 is 3.04 bits per heavy atom. The zero-order valence-corrected chi connectivity index (χ0v) is 15.4. The highest BCUT2D eigenvalue weighted by atomic mass is 16.5. The molecule has 0 amide bonds. The molecule has 3 atom stereocenters. The first-order chi connectivity index (χ1) is 12.5. The summed E-state index contributed by atoms with van der Waals surface area (Å²) in [6.07, 6.45) is 6.91. The first-order valence-electron chi connectivity index (χ1n) is 9.24. The van der Waals surface area contributed by atoms with E-state index in [9.17, 15) is 4.79 Å². The van der Waals surface area contributed by atoms with Crippen molar-refractivity contribution in [2.24, 2.45) is 5.92 Å². The highest BCUT2D eigenvalue weighted by Crippen LogP contribution is 2.49. The van der Waals surface area contributed by atoms with Crippen LogP contribution in [0.2, 0.25) is 0 Å². The van der Waals surface area contributed by atoms with Gasteiger partial charge in [0.2, 0.25) is 0 Å². The number of nitrogens with zero attached hydrogens (tertiary/aromatic N) is 1. The number of rotatable bonds is 4. The minimum Gasteiger partial charge on any atom is -0.472 e. The van der Waals surface area contributed by atoms with Gasteiger partial charge in [0.05, 0.1) is 12.5 Å². The number of fused-ring (bicyclic) bond motifs is 4. The molecule has 2 aromatic rings. The van der Waals surface area contributed by atoms with Crippen molar-refractivity contribution in [3.8, 4) is 5.75 Å². The molecule has 4 rings (SSSR count). The van der Waals surface area contributed by atoms with Gasteiger partial charge in [0, 0.05) is 24.2 Å². The Kier molecular flexibility index (Phi) is 4.23. The lowest BCUT2D eigenvalue weighted by molar-refractivity contribution is -0.128. The third kappa shape index (κ3) is 2.78. The van der Waals surface area contributed by atoms with E-state index in [1.807, 2.05) is 12.3 Å². The van der Waals surface area contributed by atoms with Crippen molar-refractivity contribution < 1.29 is 13.9 Å². The summed E-state index contributed by atoms with van der Waals surface area (Å²) in [7, 11) is 0. The maximum absolute atomic E-state index is 11.5. The average Bonchev–Trinajstić information content (AvgIpc) is 3.14. The lowest BCUT2D eigenvalue weighted by Crippen LogP contribution is -2.57. The van der Waals surface area contributed by atoms with Crippen molar-refractivity contribution in [1.82, 2.24) is 4.90 Å². The van der Waals surface area contributed by atoms with Gasteiger partial charge in [0.25, 0.3) is 0 Å². The van der Waals surface area contributed by atoms with Gasteiger partial charge in [-0.3, -0.25) is 4.90 Å². The molecule has 2 bridgehead atoms. The highest BCUT2D eigenvalue weighted by Gasteiger charge is 2.48. The predicted molar refractivity (Wildman–Crippen MR) is 100 cm³/mol. The summed E-state index contributed by atoms with van der Waals surface area (Å²) in [5.74, 6) is 0.731. The zero-order valence-electron chi connectivity index (χ0n) is 15.4. The molecular formula is C22H25NO3. The number of piperidine rings is 1. The van der Waals surface area contributed by atoms with Crippen LogP contribution in [-0.2, 0) is 23.2 Å². The van der Waals surface area contributed by atoms with E-state index >= 15 is 0 Å². The summed E-state index contributed by atoms with van der Waals surface area (Å²) >= 11 is 0. The summed E-state index contributed by atoms with van der Waals surface area (Å²) in [6, 6.07) is 8.65. The number of ether oxygens (including phenoxy) is 1. The molecule has 1 aromatic carbocycles. The largest absolute Gasteiger partial charge is 0.472 e. The Morgan fingerprint density at radius 1 is 1.46 bits per heavy atom. The van der Waals surface area contributed by atoms with Crippen molar-refractivity contribution in [2.45, 2.75) is 44.7 Å². The Bertz CT molecular complexity index is 826. The lowest BCUT2D eigenvalue weighted by atomic mass is 9.59. The second-order valence-corrected chi connectivity index (χ2v) is 7.77. The van der Waals surface area contributed by atoms with Crippen LogP contribution in [0.1, 0.15) is 37.0 Å². The van der Waals surface area contributed by atoms with E-state index in [1.54, 1.807) is 6.26 Å². The number of furan rings is 1. The van der Waals surface area contributed by atoms with Crippen LogP contribution >= 0.6 is 0 Å². The fraction of sp³-hybridized carbons (Fsp3) is 0.409. The van der Waals surface area contributed by atoms with Gasteiger partial charge in [0.15, 0.2) is 0 Å². The van der Waals surface area contributed by atoms with Crippen molar-refractivity contribution >= 4 is 5.97 Å². The molecule has 0 spiro atoms. The summed E-state index contributed by atoms with van der Waals surface area (Å²) < 4.78 is 10.6. The number of likely N-dealkylation sites (tertiary alicyclic amines) is 1. The van der Waals surface area contributed by atoms with Gasteiger partial charge in [-0.1, -0.05) is 26.5 Å². The minimum absolute atomic E-state index is 0.0990. The van der Waals surface area contributed by atoms with Crippen molar-refractivity contribution in [2.75, 3.05) is 6.54 Å². The van der Waals surface area contributed by atoms with Crippen LogP contribution in [0.4, 0.5) is 0 Å². The van der Waals surface area contributed by atoms with Crippen LogP contribution in [0, 0.1) is 5.92 Å². The SMILES string of the molecule is C=CC(=O)Oc1ccc2c(c1)[C@]1(C)CCN(Cc3ccoc3)[C@H](C2)[C@@H]1C. The molecule has 1 saturated heterocycles. The predicted octanol–water partition coefficient (Wildman–Crippen LogP) is 4.10. The molecule has 0 radical (unpaired) electrons. The zero-order chi connectivity index (χ0) is 18.3. The van der Waals surface area contributed by atoms with Gasteiger partial charge < -0.3 is 9.15 Å². The van der Waals surface area contributed by atoms with E-state index in [2.05, 4.69) is 43.5 Å². The molecule has 0 unspecified atom stereocenters. The summed E-state index contributed by atoms with van der Waals surface area (Å²) in [6.45, 7) is 10.2. The third-order valence-electron chi connectivity index (χ3n) is 6.45. The molecule has 136 valence electrons. The Labute approximate surface area is 154 Å². The third-order valence-corrected chi connectivity index (χ3v) is 6.45. The quantitative estimate of drug-likeness (QED) is 0.473. The molecule has 4 nitrogen and oxygen atoms in total. The van der Waals surface area contributed by atoms with Gasteiger partial charge in [-0.2, -0.15) is 0 Å². The van der Waals surface area contributed by atoms with Gasteiger partial charge >= 0.3 is 5.97 Å². The first-order valence-corrected chi connectivity index (χ1v) is 9.24. The smallest absolute Gasteiger partial charge is 0.335 e. The topological polar surface area (TPSA) is 42.7 Å². The second-order valence-electron chi connectivity index (χ2n) is 7.77. The Hall–Kier alpha value is -2.33. The average molecular weight is 351 g/mol. The number of carbonyl (C=O) groups is 1. The summed E-state index contributed by atoms with van der Waals surface area (Å²) in [5.41, 5.74) is 4.03. The van der Waals surface area contributed by atoms with E-state index in [-0.39, 0.29) is 5.41 Å². The maximum Gasteiger partial charge on any atom is 0.335 e. The molecule has 1 fully saturated rings. The highest BCUT2D eigenvalue weighted by molar-refractivity contribution is 5.83. The number of hydrogen-bond acceptors (Lipinski definition) is 4. The lowest BCUT2D eigenvalue weighted by Gasteiger charge is -2.54. The Balaban J connectivity index is 1.64. The van der Waals surface area contributed by atoms with E-state index in [0.29, 0.717) is 17.7 Å². The van der Waals surface area contributed by atoms with Crippen molar-refractivity contribution in [1.29, 1.82) is 0 Å². The standard InChI is InChI=1S/C22H25NO3/c1-4-21(24)26-18-6-5-17-11-20-15(2)22(3,19(17)12-18)8-9-23(20)13-16-7-10-25-14-16/h4-7,10,12,14-15,20H,1,8-9,11,13H2,2-3H3/t15-,20+,22+/m0/s1. The maximum atomic E-state index is 11.5. The molecule has 4 heteroatoms. The monoisotopic (exact) mass is 351 g/mol. The molecule has 26 heavy (non-hydrogen) atoms. The fourth-order valence-corrected chi connectivity index (χ4v) is 4.72. The summed E-state index contributed by atoms with van der Waals surface area (Å²) in [4.78, 5) is 14.1. The number of benzene rings is 1. The minimum atomic E-state index is -0.410.